The van der Waals surface area contributed by atoms with Gasteiger partial charge in [0.25, 0.3) is 5.91 Å². The maximum Gasteiger partial charge on any atom is 0.251 e. The van der Waals surface area contributed by atoms with E-state index in [4.69, 9.17) is 0 Å². The molecular formula is C18H26N2O3S. The fourth-order valence-corrected chi connectivity index (χ4v) is 5.26. The molecule has 4 atom stereocenters. The van der Waals surface area contributed by atoms with Gasteiger partial charge in [0.05, 0.1) is 4.90 Å². The molecule has 6 heteroatoms. The van der Waals surface area contributed by atoms with Crippen LogP contribution in [0.15, 0.2) is 29.2 Å². The summed E-state index contributed by atoms with van der Waals surface area (Å²) >= 11 is 0. The third kappa shape index (κ3) is 3.22. The summed E-state index contributed by atoms with van der Waals surface area (Å²) in [6, 6.07) is 6.39. The molecular weight excluding hydrogens is 324 g/mol. The van der Waals surface area contributed by atoms with Crippen LogP contribution in [0.4, 0.5) is 0 Å². The molecule has 0 radical (unpaired) electrons. The molecule has 0 saturated heterocycles. The predicted molar refractivity (Wildman–Crippen MR) is 93.2 cm³/mol. The fraction of sp³-hybridized carbons (Fsp3) is 0.611. The maximum atomic E-state index is 12.5. The highest BCUT2D eigenvalue weighted by Gasteiger charge is 2.42. The summed E-state index contributed by atoms with van der Waals surface area (Å²) in [6.07, 6.45) is 5.14. The predicted octanol–water partition coefficient (Wildman–Crippen LogP) is 2.49. The van der Waals surface area contributed by atoms with E-state index in [1.807, 2.05) is 0 Å². The Hall–Kier alpha value is -1.40. The van der Waals surface area contributed by atoms with Crippen LogP contribution in [0.5, 0.6) is 0 Å². The normalized spacial score (nSPS) is 27.4. The Morgan fingerprint density at radius 1 is 1.25 bits per heavy atom. The van der Waals surface area contributed by atoms with E-state index in [1.54, 1.807) is 12.1 Å². The quantitative estimate of drug-likeness (QED) is 0.887. The van der Waals surface area contributed by atoms with Crippen LogP contribution in [0.2, 0.25) is 0 Å². The van der Waals surface area contributed by atoms with Crippen LogP contribution in [-0.2, 0) is 10.0 Å². The number of rotatable bonds is 5. The average Bonchev–Trinajstić information content (AvgIpc) is 3.17. The van der Waals surface area contributed by atoms with Gasteiger partial charge in [-0.2, -0.15) is 0 Å². The first-order chi connectivity index (χ1) is 11.3. The first kappa shape index (κ1) is 17.4. The molecule has 0 spiro atoms. The van der Waals surface area contributed by atoms with Gasteiger partial charge < -0.3 is 5.32 Å². The summed E-state index contributed by atoms with van der Waals surface area (Å²) in [6.45, 7) is 2.07. The van der Waals surface area contributed by atoms with Crippen LogP contribution < -0.4 is 5.32 Å². The third-order valence-electron chi connectivity index (χ3n) is 5.67. The number of carbonyl (C=O) groups excluding carboxylic acids is 1. The van der Waals surface area contributed by atoms with Gasteiger partial charge in [-0.3, -0.25) is 4.79 Å². The Labute approximate surface area is 144 Å². The fourth-order valence-electron chi connectivity index (χ4n) is 4.31. The second-order valence-corrected chi connectivity index (χ2v) is 9.57. The molecule has 2 bridgehead atoms. The first-order valence-corrected chi connectivity index (χ1v) is 10.1. The zero-order valence-electron chi connectivity index (χ0n) is 14.5. The van der Waals surface area contributed by atoms with Crippen LogP contribution in [-0.4, -0.2) is 38.8 Å². The molecule has 0 aliphatic heterocycles. The minimum absolute atomic E-state index is 0.127. The van der Waals surface area contributed by atoms with Crippen molar-refractivity contribution in [2.24, 2.45) is 17.8 Å². The third-order valence-corrected chi connectivity index (χ3v) is 7.48. The number of benzene rings is 1. The van der Waals surface area contributed by atoms with Crippen LogP contribution in [0.1, 0.15) is 43.0 Å². The van der Waals surface area contributed by atoms with Crippen molar-refractivity contribution in [1.82, 2.24) is 9.62 Å². The van der Waals surface area contributed by atoms with Gasteiger partial charge in [0, 0.05) is 25.7 Å². The zero-order chi connectivity index (χ0) is 17.5. The van der Waals surface area contributed by atoms with E-state index in [0.29, 0.717) is 11.5 Å². The van der Waals surface area contributed by atoms with E-state index in [-0.39, 0.29) is 16.8 Å². The molecule has 2 aliphatic rings. The van der Waals surface area contributed by atoms with Crippen LogP contribution in [0, 0.1) is 17.8 Å². The van der Waals surface area contributed by atoms with Gasteiger partial charge in [-0.25, -0.2) is 12.7 Å². The number of amides is 1. The molecule has 2 fully saturated rings. The molecule has 1 aromatic carbocycles. The van der Waals surface area contributed by atoms with Crippen LogP contribution >= 0.6 is 0 Å². The van der Waals surface area contributed by atoms with Gasteiger partial charge in [0.2, 0.25) is 10.0 Å². The van der Waals surface area contributed by atoms with Gasteiger partial charge in [-0.15, -0.1) is 0 Å². The van der Waals surface area contributed by atoms with E-state index in [9.17, 15) is 13.2 Å². The summed E-state index contributed by atoms with van der Waals surface area (Å²) in [4.78, 5) is 12.7. The van der Waals surface area contributed by atoms with E-state index < -0.39 is 10.0 Å². The van der Waals surface area contributed by atoms with E-state index in [0.717, 1.165) is 16.1 Å². The van der Waals surface area contributed by atoms with E-state index >= 15 is 0 Å². The lowest BCUT2D eigenvalue weighted by atomic mass is 9.84. The Kier molecular flexibility index (Phi) is 4.71. The van der Waals surface area contributed by atoms with Gasteiger partial charge in [0.15, 0.2) is 0 Å². The van der Waals surface area contributed by atoms with E-state index in [1.165, 1.54) is 51.9 Å². The topological polar surface area (TPSA) is 66.5 Å². The van der Waals surface area contributed by atoms with Crippen molar-refractivity contribution in [2.75, 3.05) is 14.1 Å². The largest absolute Gasteiger partial charge is 0.349 e. The summed E-state index contributed by atoms with van der Waals surface area (Å²) in [5.74, 6) is 1.95. The van der Waals surface area contributed by atoms with Crippen molar-refractivity contribution in [1.29, 1.82) is 0 Å². The molecule has 2 saturated carbocycles. The van der Waals surface area contributed by atoms with Crippen molar-refractivity contribution in [3.63, 3.8) is 0 Å². The number of nitrogens with zero attached hydrogens (tertiary/aromatic N) is 1. The molecule has 5 nitrogen and oxygen atoms in total. The summed E-state index contributed by atoms with van der Waals surface area (Å²) in [7, 11) is -0.560. The first-order valence-electron chi connectivity index (χ1n) is 8.62. The number of hydrogen-bond donors (Lipinski definition) is 1. The molecule has 1 N–H and O–H groups in total. The number of fused-ring (bicyclic) bond motifs is 2. The number of nitrogens with one attached hydrogen (secondary N) is 1. The van der Waals surface area contributed by atoms with E-state index in [2.05, 4.69) is 12.2 Å². The van der Waals surface area contributed by atoms with Crippen molar-refractivity contribution in [2.45, 2.75) is 43.5 Å². The van der Waals surface area contributed by atoms with Gasteiger partial charge >= 0.3 is 0 Å². The second-order valence-electron chi connectivity index (χ2n) is 7.42. The lowest BCUT2D eigenvalue weighted by Gasteiger charge is -2.28. The van der Waals surface area contributed by atoms with Crippen LogP contribution in [0.25, 0.3) is 0 Å². The lowest BCUT2D eigenvalue weighted by molar-refractivity contribution is 0.0915. The molecule has 2 aliphatic carbocycles. The van der Waals surface area contributed by atoms with Gasteiger partial charge in [0.1, 0.15) is 0 Å². The van der Waals surface area contributed by atoms with Crippen molar-refractivity contribution >= 4 is 15.9 Å². The molecule has 0 unspecified atom stereocenters. The highest BCUT2D eigenvalue weighted by molar-refractivity contribution is 7.89. The minimum atomic E-state index is -3.53. The number of hydrogen-bond acceptors (Lipinski definition) is 3. The SMILES string of the molecule is C[C@@H](NC(=O)c1cccc(S(=O)(=O)N(C)C)c1)[C@H]1C[C@H]2CC[C@H]1C2. The summed E-state index contributed by atoms with van der Waals surface area (Å²) in [5.41, 5.74) is 0.396. The molecule has 1 amide bonds. The zero-order valence-corrected chi connectivity index (χ0v) is 15.3. The standard InChI is InChI=1S/C18H26N2O3S/c1-12(17-10-13-7-8-14(17)9-13)19-18(21)15-5-4-6-16(11-15)24(22,23)20(2)3/h4-6,11-14,17H,7-10H2,1-3H3,(H,19,21)/t12-,13+,14+,17-/m1/s1. The highest BCUT2D eigenvalue weighted by Crippen LogP contribution is 2.49. The lowest BCUT2D eigenvalue weighted by Crippen LogP contribution is -2.40. The number of carbonyl (C=O) groups is 1. The molecule has 0 aromatic heterocycles. The number of sulfonamides is 1. The second kappa shape index (κ2) is 6.48. The minimum Gasteiger partial charge on any atom is -0.349 e. The smallest absolute Gasteiger partial charge is 0.251 e. The summed E-state index contributed by atoms with van der Waals surface area (Å²) < 4.78 is 25.6. The molecule has 24 heavy (non-hydrogen) atoms. The van der Waals surface area contributed by atoms with Crippen molar-refractivity contribution in [3.05, 3.63) is 29.8 Å². The van der Waals surface area contributed by atoms with Gasteiger partial charge in [-0.05, 0) is 62.1 Å². The Morgan fingerprint density at radius 2 is 2.00 bits per heavy atom. The highest BCUT2D eigenvalue weighted by atomic mass is 32.2. The molecule has 132 valence electrons. The summed E-state index contributed by atoms with van der Waals surface area (Å²) in [5, 5.41) is 3.08. The van der Waals surface area contributed by atoms with Gasteiger partial charge in [-0.1, -0.05) is 12.5 Å². The Balaban J connectivity index is 1.71. The average molecular weight is 350 g/mol. The molecule has 1 aromatic rings. The molecule has 3 rings (SSSR count). The Morgan fingerprint density at radius 3 is 2.58 bits per heavy atom. The van der Waals surface area contributed by atoms with Crippen LogP contribution in [0.3, 0.4) is 0 Å². The van der Waals surface area contributed by atoms with Crippen molar-refractivity contribution < 1.29 is 13.2 Å². The monoisotopic (exact) mass is 350 g/mol. The molecule has 0 heterocycles. The van der Waals surface area contributed by atoms with Crippen molar-refractivity contribution in [3.8, 4) is 0 Å². The Bertz CT molecular complexity index is 730. The maximum absolute atomic E-state index is 12.5.